The maximum atomic E-state index is 12.3. The van der Waals surface area contributed by atoms with Crippen LogP contribution >= 0.6 is 0 Å². The molecule has 2 aromatic carbocycles. The Hall–Kier alpha value is -2.80. The third-order valence-electron chi connectivity index (χ3n) is 3.65. The van der Waals surface area contributed by atoms with Crippen molar-refractivity contribution < 1.29 is 4.79 Å². The first kappa shape index (κ1) is 13.2. The third kappa shape index (κ3) is 2.72. The van der Waals surface area contributed by atoms with Gasteiger partial charge in [-0.2, -0.15) is 5.26 Å². The number of nitrogens with zero attached hydrogens (tertiary/aromatic N) is 2. The first-order valence-electron chi connectivity index (χ1n) is 6.90. The smallest absolute Gasteiger partial charge is 0.246 e. The first-order valence-corrected chi connectivity index (χ1v) is 6.90. The van der Waals surface area contributed by atoms with E-state index in [1.807, 2.05) is 35.2 Å². The number of carbonyl (C=O) groups is 1. The van der Waals surface area contributed by atoms with Gasteiger partial charge in [0.15, 0.2) is 0 Å². The van der Waals surface area contributed by atoms with Gasteiger partial charge in [0, 0.05) is 17.9 Å². The molecule has 0 spiro atoms. The van der Waals surface area contributed by atoms with Gasteiger partial charge in [-0.05, 0) is 42.3 Å². The zero-order valence-electron chi connectivity index (χ0n) is 11.5. The molecule has 0 aromatic heterocycles. The molecule has 1 heterocycles. The van der Waals surface area contributed by atoms with Crippen molar-refractivity contribution in [2.45, 2.75) is 6.42 Å². The van der Waals surface area contributed by atoms with Crippen LogP contribution in [0.3, 0.4) is 0 Å². The number of nitriles is 1. The Bertz CT molecular complexity index is 701. The van der Waals surface area contributed by atoms with Gasteiger partial charge in [0.05, 0.1) is 18.2 Å². The molecule has 0 saturated carbocycles. The van der Waals surface area contributed by atoms with E-state index in [2.05, 4.69) is 17.5 Å². The molecule has 1 aliphatic rings. The molecule has 4 nitrogen and oxygen atoms in total. The summed E-state index contributed by atoms with van der Waals surface area (Å²) >= 11 is 0. The van der Waals surface area contributed by atoms with Crippen molar-refractivity contribution in [3.63, 3.8) is 0 Å². The van der Waals surface area contributed by atoms with Crippen molar-refractivity contribution in [2.24, 2.45) is 0 Å². The highest BCUT2D eigenvalue weighted by Crippen LogP contribution is 2.27. The molecule has 3 rings (SSSR count). The average molecular weight is 277 g/mol. The molecule has 1 N–H and O–H groups in total. The number of nitrogens with one attached hydrogen (secondary N) is 1. The molecule has 0 fully saturated rings. The number of para-hydroxylation sites is 1. The Balaban J connectivity index is 1.64. The zero-order chi connectivity index (χ0) is 14.7. The van der Waals surface area contributed by atoms with E-state index >= 15 is 0 Å². The number of anilines is 2. The van der Waals surface area contributed by atoms with Crippen LogP contribution in [0.5, 0.6) is 0 Å². The predicted molar refractivity (Wildman–Crippen MR) is 82.1 cm³/mol. The Morgan fingerprint density at radius 2 is 1.95 bits per heavy atom. The highest BCUT2D eigenvalue weighted by molar-refractivity contribution is 5.98. The normalized spacial score (nSPS) is 12.6. The van der Waals surface area contributed by atoms with Gasteiger partial charge in [0.2, 0.25) is 5.91 Å². The van der Waals surface area contributed by atoms with E-state index in [4.69, 9.17) is 5.26 Å². The minimum atomic E-state index is 0.0595. The second-order valence-electron chi connectivity index (χ2n) is 4.97. The molecule has 1 aliphatic heterocycles. The summed E-state index contributed by atoms with van der Waals surface area (Å²) in [6.07, 6.45) is 0.915. The summed E-state index contributed by atoms with van der Waals surface area (Å²) in [6, 6.07) is 17.2. The maximum absolute atomic E-state index is 12.3. The molecule has 0 atom stereocenters. The second-order valence-corrected chi connectivity index (χ2v) is 4.97. The maximum Gasteiger partial charge on any atom is 0.246 e. The van der Waals surface area contributed by atoms with Crippen molar-refractivity contribution in [1.82, 2.24) is 0 Å². The molecule has 2 aromatic rings. The average Bonchev–Trinajstić information content (AvgIpc) is 2.97. The summed E-state index contributed by atoms with van der Waals surface area (Å²) in [5, 5.41) is 11.9. The van der Waals surface area contributed by atoms with Gasteiger partial charge in [-0.25, -0.2) is 0 Å². The van der Waals surface area contributed by atoms with Crippen LogP contribution in [0.25, 0.3) is 0 Å². The lowest BCUT2D eigenvalue weighted by Crippen LogP contribution is -2.34. The Morgan fingerprint density at radius 1 is 1.19 bits per heavy atom. The zero-order valence-corrected chi connectivity index (χ0v) is 11.5. The Morgan fingerprint density at radius 3 is 2.71 bits per heavy atom. The lowest BCUT2D eigenvalue weighted by molar-refractivity contribution is -0.116. The molecular weight excluding hydrogens is 262 g/mol. The van der Waals surface area contributed by atoms with Gasteiger partial charge in [-0.15, -0.1) is 0 Å². The number of hydrogen-bond acceptors (Lipinski definition) is 3. The summed E-state index contributed by atoms with van der Waals surface area (Å²) in [5.41, 5.74) is 3.70. The molecule has 21 heavy (non-hydrogen) atoms. The fraction of sp³-hybridized carbons (Fsp3) is 0.176. The van der Waals surface area contributed by atoms with Gasteiger partial charge < -0.3 is 10.2 Å². The molecule has 0 bridgehead atoms. The molecule has 1 amide bonds. The van der Waals surface area contributed by atoms with Gasteiger partial charge in [-0.3, -0.25) is 4.79 Å². The summed E-state index contributed by atoms with van der Waals surface area (Å²) in [6.45, 7) is 0.994. The third-order valence-corrected chi connectivity index (χ3v) is 3.65. The molecule has 0 unspecified atom stereocenters. The van der Waals surface area contributed by atoms with E-state index in [9.17, 15) is 4.79 Å². The van der Waals surface area contributed by atoms with Crippen molar-refractivity contribution in [3.8, 4) is 6.07 Å². The highest BCUT2D eigenvalue weighted by atomic mass is 16.2. The first-order chi connectivity index (χ1) is 10.3. The molecule has 0 saturated heterocycles. The minimum absolute atomic E-state index is 0.0595. The molecular formula is C17H15N3O. The topological polar surface area (TPSA) is 56.1 Å². The van der Waals surface area contributed by atoms with Crippen LogP contribution in [0.4, 0.5) is 11.4 Å². The number of amides is 1. The number of carbonyl (C=O) groups excluding carboxylic acids is 1. The SMILES string of the molecule is N#Cc1ccc(NCC(=O)N2CCc3ccccc32)cc1. The van der Waals surface area contributed by atoms with Crippen LogP contribution in [0.1, 0.15) is 11.1 Å². The van der Waals surface area contributed by atoms with Crippen molar-refractivity contribution in [1.29, 1.82) is 5.26 Å². The summed E-state index contributed by atoms with van der Waals surface area (Å²) in [5.74, 6) is 0.0595. The van der Waals surface area contributed by atoms with E-state index in [0.29, 0.717) is 5.56 Å². The Kier molecular flexibility index (Phi) is 3.57. The number of fused-ring (bicyclic) bond motifs is 1. The van der Waals surface area contributed by atoms with Gasteiger partial charge in [-0.1, -0.05) is 18.2 Å². The second kappa shape index (κ2) is 5.68. The van der Waals surface area contributed by atoms with Gasteiger partial charge in [0.1, 0.15) is 0 Å². The highest BCUT2D eigenvalue weighted by Gasteiger charge is 2.23. The van der Waals surface area contributed by atoms with Gasteiger partial charge >= 0.3 is 0 Å². The predicted octanol–water partition coefficient (Wildman–Crippen LogP) is 2.56. The molecule has 4 heteroatoms. The lowest BCUT2D eigenvalue weighted by atomic mass is 10.2. The Labute approximate surface area is 123 Å². The van der Waals surface area contributed by atoms with Crippen LogP contribution in [-0.4, -0.2) is 19.0 Å². The van der Waals surface area contributed by atoms with Crippen LogP contribution in [-0.2, 0) is 11.2 Å². The number of hydrogen-bond donors (Lipinski definition) is 1. The van der Waals surface area contributed by atoms with E-state index in [1.165, 1.54) is 5.56 Å². The number of benzene rings is 2. The molecule has 104 valence electrons. The largest absolute Gasteiger partial charge is 0.376 e. The van der Waals surface area contributed by atoms with E-state index in [-0.39, 0.29) is 12.5 Å². The molecule has 0 aliphatic carbocycles. The minimum Gasteiger partial charge on any atom is -0.376 e. The number of rotatable bonds is 3. The van der Waals surface area contributed by atoms with Crippen LogP contribution in [0.2, 0.25) is 0 Å². The summed E-state index contributed by atoms with van der Waals surface area (Å²) < 4.78 is 0. The monoisotopic (exact) mass is 277 g/mol. The quantitative estimate of drug-likeness (QED) is 0.938. The van der Waals surface area contributed by atoms with Crippen molar-refractivity contribution in [2.75, 3.05) is 23.3 Å². The van der Waals surface area contributed by atoms with E-state index < -0.39 is 0 Å². The fourth-order valence-corrected chi connectivity index (χ4v) is 2.53. The van der Waals surface area contributed by atoms with Crippen molar-refractivity contribution in [3.05, 3.63) is 59.7 Å². The summed E-state index contributed by atoms with van der Waals surface area (Å²) in [7, 11) is 0. The summed E-state index contributed by atoms with van der Waals surface area (Å²) in [4.78, 5) is 14.1. The van der Waals surface area contributed by atoms with E-state index in [1.54, 1.807) is 12.1 Å². The van der Waals surface area contributed by atoms with Crippen LogP contribution in [0.15, 0.2) is 48.5 Å². The van der Waals surface area contributed by atoms with Crippen molar-refractivity contribution >= 4 is 17.3 Å². The van der Waals surface area contributed by atoms with Crippen LogP contribution in [0, 0.1) is 11.3 Å². The standard InChI is InChI=1S/C17H15N3O/c18-11-13-5-7-15(8-6-13)19-12-17(21)20-10-9-14-3-1-2-4-16(14)20/h1-8,19H,9-10,12H2. The van der Waals surface area contributed by atoms with Gasteiger partial charge in [0.25, 0.3) is 0 Å². The van der Waals surface area contributed by atoms with Crippen LogP contribution < -0.4 is 10.2 Å². The molecule has 0 radical (unpaired) electrons. The lowest BCUT2D eigenvalue weighted by Gasteiger charge is -2.18. The fourth-order valence-electron chi connectivity index (χ4n) is 2.53. The van der Waals surface area contributed by atoms with E-state index in [0.717, 1.165) is 24.3 Å².